The average Bonchev–Trinajstić information content (AvgIpc) is 2.92. The van der Waals surface area contributed by atoms with E-state index in [0.717, 1.165) is 24.0 Å². The van der Waals surface area contributed by atoms with Crippen molar-refractivity contribution >= 4 is 5.84 Å². The first-order chi connectivity index (χ1) is 9.26. The van der Waals surface area contributed by atoms with Crippen LogP contribution in [-0.4, -0.2) is 30.3 Å². The van der Waals surface area contributed by atoms with Gasteiger partial charge in [-0.05, 0) is 24.8 Å². The molecule has 1 saturated carbocycles. The highest BCUT2D eigenvalue weighted by Gasteiger charge is 2.26. The summed E-state index contributed by atoms with van der Waals surface area (Å²) in [5, 5.41) is 15.4. The molecule has 0 radical (unpaired) electrons. The molecule has 2 rings (SSSR count). The number of nitrogens with two attached hydrogens (primary N) is 1. The molecule has 5 nitrogen and oxygen atoms in total. The Bertz CT molecular complexity index is 448. The number of oxime groups is 1. The second kappa shape index (κ2) is 6.54. The van der Waals surface area contributed by atoms with Crippen molar-refractivity contribution in [3.8, 4) is 0 Å². The predicted molar refractivity (Wildman–Crippen MR) is 74.2 cm³/mol. The molecule has 0 heterocycles. The van der Waals surface area contributed by atoms with Crippen LogP contribution in [-0.2, 0) is 11.3 Å². The monoisotopic (exact) mass is 263 g/mol. The summed E-state index contributed by atoms with van der Waals surface area (Å²) in [6, 6.07) is 8.05. The van der Waals surface area contributed by atoms with Gasteiger partial charge >= 0.3 is 0 Å². The maximum Gasteiger partial charge on any atom is 0.170 e. The highest BCUT2D eigenvalue weighted by Crippen LogP contribution is 2.22. The lowest BCUT2D eigenvalue weighted by atomic mass is 10.1. The van der Waals surface area contributed by atoms with Crippen LogP contribution in [0.25, 0.3) is 0 Å². The van der Waals surface area contributed by atoms with Crippen molar-refractivity contribution in [1.29, 1.82) is 0 Å². The van der Waals surface area contributed by atoms with Crippen molar-refractivity contribution in [2.24, 2.45) is 10.9 Å². The van der Waals surface area contributed by atoms with Crippen molar-refractivity contribution in [3.63, 3.8) is 0 Å². The quantitative estimate of drug-likeness (QED) is 0.325. The largest absolute Gasteiger partial charge is 0.409 e. The van der Waals surface area contributed by atoms with Gasteiger partial charge in [-0.3, -0.25) is 0 Å². The van der Waals surface area contributed by atoms with Gasteiger partial charge in [0.2, 0.25) is 0 Å². The summed E-state index contributed by atoms with van der Waals surface area (Å²) in [5.41, 5.74) is 7.48. The van der Waals surface area contributed by atoms with E-state index in [1.165, 1.54) is 6.42 Å². The molecule has 104 valence electrons. The number of rotatable bonds is 5. The lowest BCUT2D eigenvalue weighted by molar-refractivity contribution is 0.0847. The van der Waals surface area contributed by atoms with Gasteiger partial charge in [-0.2, -0.15) is 0 Å². The van der Waals surface area contributed by atoms with Gasteiger partial charge in [0, 0.05) is 25.3 Å². The van der Waals surface area contributed by atoms with E-state index < -0.39 is 0 Å². The van der Waals surface area contributed by atoms with E-state index in [4.69, 9.17) is 15.7 Å². The Balaban J connectivity index is 2.03. The minimum absolute atomic E-state index is 0.145. The molecule has 0 bridgehead atoms. The topological polar surface area (TPSA) is 79.9 Å². The molecule has 0 aromatic heterocycles. The van der Waals surface area contributed by atoms with Crippen LogP contribution in [0.3, 0.4) is 0 Å². The molecule has 1 aliphatic rings. The summed E-state index contributed by atoms with van der Waals surface area (Å²) >= 11 is 0. The molecular weight excluding hydrogens is 242 g/mol. The third-order valence-corrected chi connectivity index (χ3v) is 3.71. The Labute approximate surface area is 113 Å². The van der Waals surface area contributed by atoms with Gasteiger partial charge in [0.05, 0.1) is 6.10 Å². The summed E-state index contributed by atoms with van der Waals surface area (Å²) in [5.74, 6) is 0.145. The highest BCUT2D eigenvalue weighted by molar-refractivity contribution is 5.98. The number of nitrogens with zero attached hydrogens (tertiary/aromatic N) is 1. The highest BCUT2D eigenvalue weighted by atomic mass is 16.5. The van der Waals surface area contributed by atoms with Gasteiger partial charge in [-0.1, -0.05) is 29.4 Å². The number of ether oxygens (including phenoxy) is 1. The Kier molecular flexibility index (Phi) is 4.76. The van der Waals surface area contributed by atoms with E-state index in [2.05, 4.69) is 10.5 Å². The van der Waals surface area contributed by atoms with Gasteiger partial charge in [-0.15, -0.1) is 0 Å². The molecule has 0 amide bonds. The first-order valence-corrected chi connectivity index (χ1v) is 6.58. The summed E-state index contributed by atoms with van der Waals surface area (Å²) in [6.07, 6.45) is 3.72. The normalized spacial score (nSPS) is 23.7. The first kappa shape index (κ1) is 13.8. The van der Waals surface area contributed by atoms with E-state index >= 15 is 0 Å². The second-order valence-electron chi connectivity index (χ2n) is 4.83. The van der Waals surface area contributed by atoms with Crippen molar-refractivity contribution in [3.05, 3.63) is 35.4 Å². The van der Waals surface area contributed by atoms with Crippen LogP contribution in [0, 0.1) is 0 Å². The lowest BCUT2D eigenvalue weighted by Gasteiger charge is -2.20. The van der Waals surface area contributed by atoms with Gasteiger partial charge in [-0.25, -0.2) is 0 Å². The molecule has 1 aromatic rings. The molecule has 2 unspecified atom stereocenters. The zero-order chi connectivity index (χ0) is 13.7. The van der Waals surface area contributed by atoms with E-state index in [0.29, 0.717) is 12.6 Å². The number of hydrogen-bond acceptors (Lipinski definition) is 4. The van der Waals surface area contributed by atoms with E-state index in [1.807, 2.05) is 24.3 Å². The number of benzene rings is 1. The SMILES string of the molecule is COC1CCCC1NCc1ccccc1C(N)=NO. The van der Waals surface area contributed by atoms with E-state index in [-0.39, 0.29) is 11.9 Å². The molecule has 2 atom stereocenters. The molecule has 0 saturated heterocycles. The zero-order valence-corrected chi connectivity index (χ0v) is 11.2. The average molecular weight is 263 g/mol. The van der Waals surface area contributed by atoms with Gasteiger partial charge in [0.15, 0.2) is 5.84 Å². The van der Waals surface area contributed by atoms with Gasteiger partial charge < -0.3 is 21.0 Å². The van der Waals surface area contributed by atoms with Gasteiger partial charge in [0.25, 0.3) is 0 Å². The first-order valence-electron chi connectivity index (χ1n) is 6.58. The molecule has 0 spiro atoms. The molecule has 1 aromatic carbocycles. The fraction of sp³-hybridized carbons (Fsp3) is 0.500. The Morgan fingerprint density at radius 1 is 1.47 bits per heavy atom. The standard InChI is InChI=1S/C14H21N3O2/c1-19-13-8-4-7-12(13)16-9-10-5-2-3-6-11(10)14(15)17-18/h2-3,5-6,12-13,16,18H,4,7-9H2,1H3,(H2,15,17). The van der Waals surface area contributed by atoms with Crippen LogP contribution in [0.1, 0.15) is 30.4 Å². The second-order valence-corrected chi connectivity index (χ2v) is 4.83. The fourth-order valence-electron chi connectivity index (χ4n) is 2.66. The predicted octanol–water partition coefficient (Wildman–Crippen LogP) is 1.44. The van der Waals surface area contributed by atoms with Gasteiger partial charge in [0.1, 0.15) is 0 Å². The minimum atomic E-state index is 0.145. The van der Waals surface area contributed by atoms with Crippen LogP contribution < -0.4 is 11.1 Å². The zero-order valence-electron chi connectivity index (χ0n) is 11.2. The lowest BCUT2D eigenvalue weighted by Crippen LogP contribution is -2.36. The van der Waals surface area contributed by atoms with Crippen LogP contribution in [0.5, 0.6) is 0 Å². The van der Waals surface area contributed by atoms with Crippen molar-refractivity contribution in [1.82, 2.24) is 5.32 Å². The summed E-state index contributed by atoms with van der Waals surface area (Å²) in [7, 11) is 1.76. The maximum atomic E-state index is 8.80. The molecule has 0 aliphatic heterocycles. The smallest absolute Gasteiger partial charge is 0.170 e. The number of amidine groups is 1. The molecule has 4 N–H and O–H groups in total. The number of methoxy groups -OCH3 is 1. The van der Waals surface area contributed by atoms with Crippen molar-refractivity contribution < 1.29 is 9.94 Å². The summed E-state index contributed by atoms with van der Waals surface area (Å²) in [4.78, 5) is 0. The Hall–Kier alpha value is -1.59. The molecule has 1 aliphatic carbocycles. The Morgan fingerprint density at radius 3 is 3.00 bits per heavy atom. The van der Waals surface area contributed by atoms with Crippen LogP contribution >= 0.6 is 0 Å². The molecular formula is C14H21N3O2. The third-order valence-electron chi connectivity index (χ3n) is 3.71. The molecule has 1 fully saturated rings. The van der Waals surface area contributed by atoms with E-state index in [9.17, 15) is 0 Å². The van der Waals surface area contributed by atoms with Crippen LogP contribution in [0.15, 0.2) is 29.4 Å². The molecule has 5 heteroatoms. The summed E-state index contributed by atoms with van der Waals surface area (Å²) in [6.45, 7) is 0.691. The third kappa shape index (κ3) is 3.24. The Morgan fingerprint density at radius 2 is 2.26 bits per heavy atom. The fourth-order valence-corrected chi connectivity index (χ4v) is 2.66. The van der Waals surface area contributed by atoms with Crippen molar-refractivity contribution in [2.75, 3.05) is 7.11 Å². The molecule has 19 heavy (non-hydrogen) atoms. The minimum Gasteiger partial charge on any atom is -0.409 e. The number of hydrogen-bond donors (Lipinski definition) is 3. The maximum absolute atomic E-state index is 8.80. The summed E-state index contributed by atoms with van der Waals surface area (Å²) < 4.78 is 5.46. The van der Waals surface area contributed by atoms with Crippen LogP contribution in [0.2, 0.25) is 0 Å². The van der Waals surface area contributed by atoms with E-state index in [1.54, 1.807) is 7.11 Å². The number of nitrogens with one attached hydrogen (secondary N) is 1. The van der Waals surface area contributed by atoms with Crippen LogP contribution in [0.4, 0.5) is 0 Å². The van der Waals surface area contributed by atoms with Crippen molar-refractivity contribution in [2.45, 2.75) is 38.0 Å².